The summed E-state index contributed by atoms with van der Waals surface area (Å²) < 4.78 is 0. The summed E-state index contributed by atoms with van der Waals surface area (Å²) in [6.07, 6.45) is 19.8. The van der Waals surface area contributed by atoms with E-state index in [4.69, 9.17) is 0 Å². The molecule has 2 aromatic carbocycles. The van der Waals surface area contributed by atoms with Gasteiger partial charge in [0.1, 0.15) is 0 Å². The summed E-state index contributed by atoms with van der Waals surface area (Å²) in [4.78, 5) is 0. The zero-order chi connectivity index (χ0) is 19.7. The Morgan fingerprint density at radius 1 is 0.767 bits per heavy atom. The molecule has 0 heteroatoms. The second kappa shape index (κ2) is 6.46. The zero-order valence-electron chi connectivity index (χ0n) is 17.8. The smallest absolute Gasteiger partial charge is 0.00435 e. The van der Waals surface area contributed by atoms with Crippen molar-refractivity contribution in [3.8, 4) is 0 Å². The topological polar surface area (TPSA) is 0 Å². The van der Waals surface area contributed by atoms with Crippen molar-refractivity contribution in [3.05, 3.63) is 95.1 Å². The van der Waals surface area contributed by atoms with Crippen LogP contribution in [0.1, 0.15) is 66.2 Å². The Labute approximate surface area is 181 Å². The van der Waals surface area contributed by atoms with Gasteiger partial charge in [-0.05, 0) is 108 Å². The fourth-order valence-corrected chi connectivity index (χ4v) is 8.34. The molecule has 0 spiro atoms. The van der Waals surface area contributed by atoms with Gasteiger partial charge in [-0.3, -0.25) is 0 Å². The van der Waals surface area contributed by atoms with Gasteiger partial charge in [0.05, 0.1) is 0 Å². The third-order valence-corrected chi connectivity index (χ3v) is 9.64. The first-order valence-corrected chi connectivity index (χ1v) is 12.3. The van der Waals surface area contributed by atoms with Gasteiger partial charge in [-0.25, -0.2) is 0 Å². The monoisotopic (exact) mass is 392 g/mol. The lowest BCUT2D eigenvalue weighted by Crippen LogP contribution is -2.20. The molecule has 7 atom stereocenters. The summed E-state index contributed by atoms with van der Waals surface area (Å²) in [5, 5.41) is 0. The molecule has 8 rings (SSSR count). The van der Waals surface area contributed by atoms with Crippen LogP contribution in [0.2, 0.25) is 0 Å². The highest BCUT2D eigenvalue weighted by Crippen LogP contribution is 2.60. The second-order valence-corrected chi connectivity index (χ2v) is 10.9. The lowest BCUT2D eigenvalue weighted by Gasteiger charge is -2.31. The number of rotatable bonds is 1. The minimum atomic E-state index is 0.553. The van der Waals surface area contributed by atoms with E-state index in [1.54, 1.807) is 22.3 Å². The molecular formula is C30H32. The number of benzene rings is 2. The Hall–Kier alpha value is -2.08. The van der Waals surface area contributed by atoms with Crippen LogP contribution >= 0.6 is 0 Å². The van der Waals surface area contributed by atoms with Gasteiger partial charge in [-0.2, -0.15) is 0 Å². The largest absolute Gasteiger partial charge is 0.0848 e. The van der Waals surface area contributed by atoms with E-state index in [0.29, 0.717) is 5.41 Å². The van der Waals surface area contributed by atoms with Gasteiger partial charge in [-0.15, -0.1) is 0 Å². The molecule has 0 aromatic heterocycles. The predicted octanol–water partition coefficient (Wildman–Crippen LogP) is 7.22. The minimum Gasteiger partial charge on any atom is -0.0848 e. The highest BCUT2D eigenvalue weighted by Gasteiger charge is 2.49. The number of fused-ring (bicyclic) bond motifs is 10. The molecule has 152 valence electrons. The number of aryl methyl sites for hydroxylation is 1. The molecule has 0 aliphatic heterocycles. The summed E-state index contributed by atoms with van der Waals surface area (Å²) in [5.41, 5.74) is 7.12. The van der Waals surface area contributed by atoms with E-state index in [2.05, 4.69) is 72.8 Å². The predicted molar refractivity (Wildman–Crippen MR) is 124 cm³/mol. The number of allylic oxidation sites excluding steroid dienone is 4. The van der Waals surface area contributed by atoms with Gasteiger partial charge in [-0.1, -0.05) is 72.8 Å². The molecule has 6 aliphatic rings. The van der Waals surface area contributed by atoms with Gasteiger partial charge >= 0.3 is 0 Å². The van der Waals surface area contributed by atoms with E-state index >= 15 is 0 Å². The summed E-state index contributed by atoms with van der Waals surface area (Å²) in [7, 11) is 0. The molecule has 2 aromatic rings. The third-order valence-electron chi connectivity index (χ3n) is 9.64. The SMILES string of the molecule is C1=CC2(C3CCc4ccccc43)CCC1C2.C1=CC2CC1C1Cc3ccccc3C21. The summed E-state index contributed by atoms with van der Waals surface area (Å²) in [6.45, 7) is 0. The number of hydrogen-bond donors (Lipinski definition) is 0. The molecule has 0 heterocycles. The van der Waals surface area contributed by atoms with Crippen molar-refractivity contribution in [1.29, 1.82) is 0 Å². The summed E-state index contributed by atoms with van der Waals surface area (Å²) in [6, 6.07) is 18.2. The van der Waals surface area contributed by atoms with E-state index in [9.17, 15) is 0 Å². The van der Waals surface area contributed by atoms with Gasteiger partial charge in [0.15, 0.2) is 0 Å². The van der Waals surface area contributed by atoms with Gasteiger partial charge in [0.25, 0.3) is 0 Å². The number of hydrogen-bond acceptors (Lipinski definition) is 0. The molecule has 30 heavy (non-hydrogen) atoms. The Bertz CT molecular complexity index is 1040. The fourth-order valence-electron chi connectivity index (χ4n) is 8.34. The van der Waals surface area contributed by atoms with Crippen LogP contribution in [0.5, 0.6) is 0 Å². The van der Waals surface area contributed by atoms with Crippen molar-refractivity contribution in [2.75, 3.05) is 0 Å². The van der Waals surface area contributed by atoms with Crippen molar-refractivity contribution < 1.29 is 0 Å². The molecule has 2 saturated carbocycles. The zero-order valence-corrected chi connectivity index (χ0v) is 17.8. The maximum atomic E-state index is 2.56. The maximum Gasteiger partial charge on any atom is -0.00435 e. The standard InChI is InChI=1S/C16H18.C14H14/c1-2-4-14-13(3-1)5-6-15(14)16-9-7-12(11-16)8-10-16;1-2-4-12-9(3-1)8-13-10-5-6-11(7-10)14(12)13/h1-4,7,9,12,15H,5-6,8,10-11H2;1-6,10-11,13-14H,7-8H2. The molecule has 2 fully saturated rings. The van der Waals surface area contributed by atoms with Crippen LogP contribution in [0, 0.1) is 29.1 Å². The van der Waals surface area contributed by atoms with Gasteiger partial charge in [0.2, 0.25) is 0 Å². The first-order chi connectivity index (χ1) is 14.8. The molecule has 0 radical (unpaired) electrons. The highest BCUT2D eigenvalue weighted by atomic mass is 14.5. The van der Waals surface area contributed by atoms with Crippen LogP contribution in [-0.4, -0.2) is 0 Å². The first kappa shape index (κ1) is 17.6. The fraction of sp³-hybridized carbons (Fsp3) is 0.467. The molecule has 0 N–H and O–H groups in total. The Morgan fingerprint density at radius 3 is 2.37 bits per heavy atom. The maximum absolute atomic E-state index is 2.56. The molecular weight excluding hydrogens is 360 g/mol. The third kappa shape index (κ3) is 2.46. The highest BCUT2D eigenvalue weighted by molar-refractivity contribution is 5.42. The second-order valence-electron chi connectivity index (χ2n) is 10.9. The van der Waals surface area contributed by atoms with Gasteiger partial charge < -0.3 is 0 Å². The average Bonchev–Trinajstić information content (AvgIpc) is 3.61. The van der Waals surface area contributed by atoms with Crippen LogP contribution in [0.25, 0.3) is 0 Å². The lowest BCUT2D eigenvalue weighted by molar-refractivity contribution is 0.314. The molecule has 0 amide bonds. The van der Waals surface area contributed by atoms with Crippen LogP contribution in [0.4, 0.5) is 0 Å². The van der Waals surface area contributed by atoms with Crippen LogP contribution in [-0.2, 0) is 12.8 Å². The Balaban J connectivity index is 0.000000109. The van der Waals surface area contributed by atoms with Crippen molar-refractivity contribution in [1.82, 2.24) is 0 Å². The summed E-state index contributed by atoms with van der Waals surface area (Å²) >= 11 is 0. The molecule has 6 aliphatic carbocycles. The quantitative estimate of drug-likeness (QED) is 0.449. The molecule has 7 unspecified atom stereocenters. The lowest BCUT2D eigenvalue weighted by atomic mass is 9.72. The van der Waals surface area contributed by atoms with Crippen molar-refractivity contribution in [2.45, 2.75) is 56.8 Å². The summed E-state index contributed by atoms with van der Waals surface area (Å²) in [5.74, 6) is 5.33. The van der Waals surface area contributed by atoms with E-state index in [-0.39, 0.29) is 0 Å². The average molecular weight is 393 g/mol. The molecule has 4 bridgehead atoms. The van der Waals surface area contributed by atoms with Crippen LogP contribution in [0.15, 0.2) is 72.8 Å². The molecule has 0 saturated heterocycles. The first-order valence-electron chi connectivity index (χ1n) is 12.3. The van der Waals surface area contributed by atoms with E-state index in [1.165, 1.54) is 44.9 Å². The minimum absolute atomic E-state index is 0.553. The van der Waals surface area contributed by atoms with Crippen LogP contribution < -0.4 is 0 Å². The van der Waals surface area contributed by atoms with Gasteiger partial charge in [0, 0.05) is 0 Å². The Morgan fingerprint density at radius 2 is 1.57 bits per heavy atom. The molecule has 0 nitrogen and oxygen atoms in total. The normalized spacial score (nSPS) is 40.3. The van der Waals surface area contributed by atoms with E-state index in [0.717, 1.165) is 35.5 Å². The van der Waals surface area contributed by atoms with E-state index < -0.39 is 0 Å². The van der Waals surface area contributed by atoms with Crippen LogP contribution in [0.3, 0.4) is 0 Å². The van der Waals surface area contributed by atoms with E-state index in [1.807, 2.05) is 0 Å². The van der Waals surface area contributed by atoms with Crippen molar-refractivity contribution in [3.63, 3.8) is 0 Å². The van der Waals surface area contributed by atoms with Crippen molar-refractivity contribution >= 4 is 0 Å². The Kier molecular flexibility index (Phi) is 3.79. The van der Waals surface area contributed by atoms with Crippen molar-refractivity contribution in [2.24, 2.45) is 29.1 Å².